The van der Waals surface area contributed by atoms with E-state index in [9.17, 15) is 15.3 Å². The summed E-state index contributed by atoms with van der Waals surface area (Å²) in [6, 6.07) is 0. The monoisotopic (exact) mass is 308 g/mol. The van der Waals surface area contributed by atoms with Crippen LogP contribution in [0.4, 0.5) is 0 Å². The second-order valence-corrected chi connectivity index (χ2v) is 4.54. The van der Waals surface area contributed by atoms with E-state index in [-0.39, 0.29) is 13.2 Å². The summed E-state index contributed by atoms with van der Waals surface area (Å²) in [4.78, 5) is 0. The normalized spacial score (nSPS) is 33.0. The topological polar surface area (TPSA) is 118 Å². The zero-order chi connectivity index (χ0) is 15.7. The molecule has 0 saturated carbocycles. The standard InChI is InChI=1S/C13H24O8/c1-2-3-18-4-5-19-6-7-20-12-10(15)9(8-14)21-13(17)11(12)16/h2,9-17H,1,3-8H2/t9-,10-,11-,12+,13?/m1/s1. The van der Waals surface area contributed by atoms with Crippen LogP contribution in [0.2, 0.25) is 0 Å². The van der Waals surface area contributed by atoms with Gasteiger partial charge in [-0.15, -0.1) is 6.58 Å². The van der Waals surface area contributed by atoms with Crippen molar-refractivity contribution in [2.45, 2.75) is 30.7 Å². The molecule has 5 atom stereocenters. The Balaban J connectivity index is 2.21. The Morgan fingerprint density at radius 2 is 1.67 bits per heavy atom. The number of hydrogen-bond acceptors (Lipinski definition) is 8. The van der Waals surface area contributed by atoms with Gasteiger partial charge in [0.2, 0.25) is 0 Å². The predicted octanol–water partition coefficient (Wildman–Crippen LogP) is -1.98. The van der Waals surface area contributed by atoms with Gasteiger partial charge in [0.15, 0.2) is 6.29 Å². The fourth-order valence-electron chi connectivity index (χ4n) is 1.89. The van der Waals surface area contributed by atoms with Crippen molar-refractivity contribution in [2.24, 2.45) is 0 Å². The molecule has 0 aromatic heterocycles. The fourth-order valence-corrected chi connectivity index (χ4v) is 1.89. The molecule has 0 aromatic carbocycles. The Kier molecular flexibility index (Phi) is 8.97. The summed E-state index contributed by atoms with van der Waals surface area (Å²) in [5.74, 6) is 0. The lowest BCUT2D eigenvalue weighted by molar-refractivity contribution is -0.295. The number of aliphatic hydroxyl groups is 4. The van der Waals surface area contributed by atoms with Crippen molar-refractivity contribution >= 4 is 0 Å². The van der Waals surface area contributed by atoms with Crippen molar-refractivity contribution in [2.75, 3.05) is 39.6 Å². The highest BCUT2D eigenvalue weighted by atomic mass is 16.6. The van der Waals surface area contributed by atoms with E-state index in [0.717, 1.165) is 0 Å². The number of ether oxygens (including phenoxy) is 4. The van der Waals surface area contributed by atoms with Crippen LogP contribution in [0.3, 0.4) is 0 Å². The van der Waals surface area contributed by atoms with Gasteiger partial charge >= 0.3 is 0 Å². The molecule has 1 aliphatic heterocycles. The summed E-state index contributed by atoms with van der Waals surface area (Å²) in [5, 5.41) is 38.1. The first-order valence-corrected chi connectivity index (χ1v) is 6.80. The molecule has 1 rings (SSSR count). The maximum atomic E-state index is 9.87. The van der Waals surface area contributed by atoms with E-state index < -0.39 is 37.3 Å². The lowest BCUT2D eigenvalue weighted by atomic mass is 9.99. The molecule has 0 aliphatic carbocycles. The molecule has 4 N–H and O–H groups in total. The first kappa shape index (κ1) is 18.5. The van der Waals surface area contributed by atoms with Crippen LogP contribution in [0, 0.1) is 0 Å². The largest absolute Gasteiger partial charge is 0.394 e. The Labute approximate surface area is 123 Å². The van der Waals surface area contributed by atoms with Gasteiger partial charge in [0, 0.05) is 0 Å². The number of aliphatic hydroxyl groups excluding tert-OH is 4. The maximum absolute atomic E-state index is 9.87. The van der Waals surface area contributed by atoms with Crippen molar-refractivity contribution < 1.29 is 39.4 Å². The molecule has 21 heavy (non-hydrogen) atoms. The third-order valence-electron chi connectivity index (χ3n) is 2.99. The molecule has 8 nitrogen and oxygen atoms in total. The van der Waals surface area contributed by atoms with E-state index in [4.69, 9.17) is 24.1 Å². The molecule has 1 unspecified atom stereocenters. The first-order chi connectivity index (χ1) is 10.1. The van der Waals surface area contributed by atoms with Crippen LogP contribution in [0.1, 0.15) is 0 Å². The lowest BCUT2D eigenvalue weighted by Crippen LogP contribution is -2.59. The second-order valence-electron chi connectivity index (χ2n) is 4.54. The first-order valence-electron chi connectivity index (χ1n) is 6.80. The minimum absolute atomic E-state index is 0.116. The van der Waals surface area contributed by atoms with Crippen LogP contribution < -0.4 is 0 Å². The van der Waals surface area contributed by atoms with Gasteiger partial charge in [0.25, 0.3) is 0 Å². The van der Waals surface area contributed by atoms with E-state index in [2.05, 4.69) is 6.58 Å². The fraction of sp³-hybridized carbons (Fsp3) is 0.846. The minimum atomic E-state index is -1.51. The van der Waals surface area contributed by atoms with E-state index in [1.54, 1.807) is 6.08 Å². The molecule has 1 fully saturated rings. The Morgan fingerprint density at radius 3 is 2.33 bits per heavy atom. The molecule has 124 valence electrons. The van der Waals surface area contributed by atoms with E-state index in [1.165, 1.54) is 0 Å². The second kappa shape index (κ2) is 10.2. The zero-order valence-corrected chi connectivity index (χ0v) is 11.8. The third-order valence-corrected chi connectivity index (χ3v) is 2.99. The quantitative estimate of drug-likeness (QED) is 0.271. The summed E-state index contributed by atoms with van der Waals surface area (Å²) in [7, 11) is 0. The zero-order valence-electron chi connectivity index (χ0n) is 11.8. The van der Waals surface area contributed by atoms with Gasteiger partial charge in [-0.25, -0.2) is 0 Å². The maximum Gasteiger partial charge on any atom is 0.184 e. The van der Waals surface area contributed by atoms with Crippen LogP contribution in [0.5, 0.6) is 0 Å². The summed E-state index contributed by atoms with van der Waals surface area (Å²) >= 11 is 0. The molecule has 0 amide bonds. The van der Waals surface area contributed by atoms with Gasteiger partial charge in [0.1, 0.15) is 24.4 Å². The van der Waals surface area contributed by atoms with E-state index in [0.29, 0.717) is 19.8 Å². The van der Waals surface area contributed by atoms with Crippen LogP contribution in [-0.4, -0.2) is 90.8 Å². The predicted molar refractivity (Wildman–Crippen MR) is 71.6 cm³/mol. The minimum Gasteiger partial charge on any atom is -0.394 e. The molecule has 8 heteroatoms. The lowest BCUT2D eigenvalue weighted by Gasteiger charge is -2.39. The Bertz CT molecular complexity index is 287. The van der Waals surface area contributed by atoms with Gasteiger partial charge in [-0.1, -0.05) is 6.08 Å². The highest BCUT2D eigenvalue weighted by Gasteiger charge is 2.44. The smallest absolute Gasteiger partial charge is 0.184 e. The molecule has 0 spiro atoms. The molecule has 0 bridgehead atoms. The summed E-state index contributed by atoms with van der Waals surface area (Å²) in [6.45, 7) is 4.66. The van der Waals surface area contributed by atoms with Crippen LogP contribution in [-0.2, 0) is 18.9 Å². The van der Waals surface area contributed by atoms with Gasteiger partial charge in [0.05, 0.1) is 39.6 Å². The highest BCUT2D eigenvalue weighted by Crippen LogP contribution is 2.22. The SMILES string of the molecule is C=CCOCCOCCO[C@H]1[C@H](O)[C@@H](CO)OC(O)[C@@H]1O. The number of hydrogen-bond donors (Lipinski definition) is 4. The number of rotatable bonds is 10. The Hall–Kier alpha value is -0.580. The average molecular weight is 308 g/mol. The summed E-state index contributed by atoms with van der Waals surface area (Å²) < 4.78 is 20.5. The van der Waals surface area contributed by atoms with Crippen molar-refractivity contribution in [3.05, 3.63) is 12.7 Å². The molecule has 1 aliphatic rings. The van der Waals surface area contributed by atoms with Gasteiger partial charge in [-0.2, -0.15) is 0 Å². The van der Waals surface area contributed by atoms with Crippen LogP contribution in [0.25, 0.3) is 0 Å². The van der Waals surface area contributed by atoms with E-state index in [1.807, 2.05) is 0 Å². The van der Waals surface area contributed by atoms with Crippen LogP contribution >= 0.6 is 0 Å². The van der Waals surface area contributed by atoms with Crippen molar-refractivity contribution in [3.63, 3.8) is 0 Å². The molecular weight excluding hydrogens is 284 g/mol. The van der Waals surface area contributed by atoms with E-state index >= 15 is 0 Å². The Morgan fingerprint density at radius 1 is 1.00 bits per heavy atom. The molecule has 1 heterocycles. The third kappa shape index (κ3) is 5.97. The average Bonchev–Trinajstić information content (AvgIpc) is 2.48. The molecule has 0 aromatic rings. The summed E-state index contributed by atoms with van der Waals surface area (Å²) in [6.07, 6.45) is -4.54. The van der Waals surface area contributed by atoms with Crippen molar-refractivity contribution in [3.8, 4) is 0 Å². The van der Waals surface area contributed by atoms with Gasteiger partial charge in [-0.3, -0.25) is 0 Å². The van der Waals surface area contributed by atoms with Crippen molar-refractivity contribution in [1.82, 2.24) is 0 Å². The molecule has 0 radical (unpaired) electrons. The molecule has 1 saturated heterocycles. The van der Waals surface area contributed by atoms with Crippen molar-refractivity contribution in [1.29, 1.82) is 0 Å². The van der Waals surface area contributed by atoms with Gasteiger partial charge < -0.3 is 39.4 Å². The summed E-state index contributed by atoms with van der Waals surface area (Å²) in [5.41, 5.74) is 0. The molecular formula is C13H24O8. The van der Waals surface area contributed by atoms with Crippen LogP contribution in [0.15, 0.2) is 12.7 Å². The highest BCUT2D eigenvalue weighted by molar-refractivity contribution is 4.89. The van der Waals surface area contributed by atoms with Gasteiger partial charge in [-0.05, 0) is 0 Å².